The summed E-state index contributed by atoms with van der Waals surface area (Å²) in [5.41, 5.74) is 0.629. The van der Waals surface area contributed by atoms with Gasteiger partial charge in [0.15, 0.2) is 17.5 Å². The van der Waals surface area contributed by atoms with Gasteiger partial charge in [0.1, 0.15) is 0 Å². The van der Waals surface area contributed by atoms with Gasteiger partial charge in [-0.2, -0.15) is 0 Å². The summed E-state index contributed by atoms with van der Waals surface area (Å²) in [6, 6.07) is 2.38. The lowest BCUT2D eigenvalue weighted by molar-refractivity contribution is 0.171. The number of halogens is 3. The molecule has 0 radical (unpaired) electrons. The normalized spacial score (nSPS) is 30.0. The van der Waals surface area contributed by atoms with E-state index in [4.69, 9.17) is 0 Å². The Labute approximate surface area is 155 Å². The van der Waals surface area contributed by atoms with E-state index in [-0.39, 0.29) is 5.92 Å². The minimum Gasteiger partial charge on any atom is -0.204 e. The van der Waals surface area contributed by atoms with Crippen molar-refractivity contribution in [1.29, 1.82) is 0 Å². The molecule has 3 rings (SSSR count). The molecule has 0 nitrogen and oxygen atoms in total. The summed E-state index contributed by atoms with van der Waals surface area (Å²) in [4.78, 5) is 0. The Morgan fingerprint density at radius 1 is 0.846 bits per heavy atom. The zero-order valence-corrected chi connectivity index (χ0v) is 15.8. The minimum absolute atomic E-state index is 0.171. The predicted octanol–water partition coefficient (Wildman–Crippen LogP) is 7.54. The highest BCUT2D eigenvalue weighted by Gasteiger charge is 2.31. The number of hydrogen-bond donors (Lipinski definition) is 0. The van der Waals surface area contributed by atoms with E-state index in [1.807, 2.05) is 0 Å². The maximum atomic E-state index is 13.5. The molecule has 0 unspecified atom stereocenters. The maximum absolute atomic E-state index is 13.5. The molecule has 2 aliphatic carbocycles. The molecule has 0 bridgehead atoms. The van der Waals surface area contributed by atoms with Gasteiger partial charge in [-0.15, -0.1) is 0 Å². The van der Waals surface area contributed by atoms with Crippen LogP contribution in [-0.4, -0.2) is 0 Å². The lowest BCUT2D eigenvalue weighted by Crippen LogP contribution is -2.25. The van der Waals surface area contributed by atoms with Gasteiger partial charge in [-0.3, -0.25) is 0 Å². The van der Waals surface area contributed by atoms with E-state index in [0.717, 1.165) is 43.4 Å². The highest BCUT2D eigenvalue weighted by atomic mass is 19.2. The fourth-order valence-electron chi connectivity index (χ4n) is 5.00. The summed E-state index contributed by atoms with van der Waals surface area (Å²) in [5, 5.41) is 0. The van der Waals surface area contributed by atoms with Crippen LogP contribution in [0.3, 0.4) is 0 Å². The van der Waals surface area contributed by atoms with Crippen molar-refractivity contribution in [1.82, 2.24) is 0 Å². The smallest absolute Gasteiger partial charge is 0.194 e. The molecular formula is C23H31F3. The Hall–Kier alpha value is -1.25. The third-order valence-corrected chi connectivity index (χ3v) is 6.60. The van der Waals surface area contributed by atoms with Gasteiger partial charge in [-0.05, 0) is 99.2 Å². The monoisotopic (exact) mass is 364 g/mol. The quantitative estimate of drug-likeness (QED) is 0.374. The molecule has 0 aliphatic heterocycles. The minimum atomic E-state index is -1.35. The van der Waals surface area contributed by atoms with Gasteiger partial charge in [-0.25, -0.2) is 13.2 Å². The number of unbranched alkanes of at least 4 members (excludes halogenated alkanes) is 1. The molecule has 2 aliphatic rings. The lowest BCUT2D eigenvalue weighted by atomic mass is 9.68. The summed E-state index contributed by atoms with van der Waals surface area (Å²) in [6.07, 6.45) is 16.6. The van der Waals surface area contributed by atoms with Gasteiger partial charge in [0.05, 0.1) is 0 Å². The van der Waals surface area contributed by atoms with Crippen molar-refractivity contribution in [2.24, 2.45) is 17.8 Å². The molecule has 3 heteroatoms. The number of benzene rings is 1. The summed E-state index contributed by atoms with van der Waals surface area (Å²) >= 11 is 0. The number of allylic oxidation sites excluding steroid dienone is 2. The van der Waals surface area contributed by atoms with Gasteiger partial charge in [0, 0.05) is 0 Å². The van der Waals surface area contributed by atoms with E-state index in [9.17, 15) is 13.2 Å². The largest absolute Gasteiger partial charge is 0.204 e. The molecule has 0 aromatic heterocycles. The first-order chi connectivity index (χ1) is 12.6. The van der Waals surface area contributed by atoms with Crippen molar-refractivity contribution in [2.45, 2.75) is 77.0 Å². The fraction of sp³-hybridized carbons (Fsp3) is 0.652. The van der Waals surface area contributed by atoms with Crippen LogP contribution in [0.5, 0.6) is 0 Å². The average Bonchev–Trinajstić information content (AvgIpc) is 2.67. The molecule has 0 N–H and O–H groups in total. The zero-order valence-electron chi connectivity index (χ0n) is 15.8. The Balaban J connectivity index is 1.49. The van der Waals surface area contributed by atoms with Crippen molar-refractivity contribution in [3.05, 3.63) is 47.3 Å². The van der Waals surface area contributed by atoms with E-state index in [1.165, 1.54) is 50.7 Å². The maximum Gasteiger partial charge on any atom is 0.194 e. The van der Waals surface area contributed by atoms with E-state index >= 15 is 0 Å². The first-order valence-corrected chi connectivity index (χ1v) is 10.4. The SMILES string of the molecule is CCC/C=C/[C@H]1CC[C@H]([C@H]2CC[C@H](c3cc(F)c(F)c(F)c3)CC2)CC1. The Morgan fingerprint density at radius 3 is 1.92 bits per heavy atom. The number of rotatable bonds is 5. The number of hydrogen-bond acceptors (Lipinski definition) is 0. The molecule has 144 valence electrons. The van der Waals surface area contributed by atoms with Crippen molar-refractivity contribution in [3.63, 3.8) is 0 Å². The van der Waals surface area contributed by atoms with Crippen LogP contribution < -0.4 is 0 Å². The van der Waals surface area contributed by atoms with Crippen LogP contribution in [-0.2, 0) is 0 Å². The first-order valence-electron chi connectivity index (χ1n) is 10.4. The molecular weight excluding hydrogens is 333 g/mol. The molecule has 1 aromatic rings. The van der Waals surface area contributed by atoms with Crippen LogP contribution in [0.1, 0.15) is 82.6 Å². The van der Waals surface area contributed by atoms with Crippen molar-refractivity contribution in [3.8, 4) is 0 Å². The second-order valence-electron chi connectivity index (χ2n) is 8.30. The van der Waals surface area contributed by atoms with Gasteiger partial charge in [0.2, 0.25) is 0 Å². The van der Waals surface area contributed by atoms with Crippen LogP contribution in [0.2, 0.25) is 0 Å². The molecule has 0 amide bonds. The zero-order chi connectivity index (χ0) is 18.5. The Morgan fingerprint density at radius 2 is 1.38 bits per heavy atom. The second kappa shape index (κ2) is 9.10. The van der Waals surface area contributed by atoms with Gasteiger partial charge >= 0.3 is 0 Å². The molecule has 2 saturated carbocycles. The molecule has 0 atom stereocenters. The van der Waals surface area contributed by atoms with Crippen molar-refractivity contribution < 1.29 is 13.2 Å². The Kier molecular flexibility index (Phi) is 6.83. The fourth-order valence-corrected chi connectivity index (χ4v) is 5.00. The highest BCUT2D eigenvalue weighted by molar-refractivity contribution is 5.23. The van der Waals surface area contributed by atoms with Gasteiger partial charge in [0.25, 0.3) is 0 Å². The third-order valence-electron chi connectivity index (χ3n) is 6.60. The van der Waals surface area contributed by atoms with Crippen molar-refractivity contribution in [2.75, 3.05) is 0 Å². The van der Waals surface area contributed by atoms with Crippen LogP contribution in [0, 0.1) is 35.2 Å². The van der Waals surface area contributed by atoms with E-state index in [1.54, 1.807) is 0 Å². The highest BCUT2D eigenvalue weighted by Crippen LogP contribution is 2.44. The predicted molar refractivity (Wildman–Crippen MR) is 101 cm³/mol. The van der Waals surface area contributed by atoms with Gasteiger partial charge < -0.3 is 0 Å². The average molecular weight is 364 g/mol. The lowest BCUT2D eigenvalue weighted by Gasteiger charge is -2.37. The molecule has 1 aromatic carbocycles. The molecule has 0 spiro atoms. The van der Waals surface area contributed by atoms with Crippen LogP contribution >= 0.6 is 0 Å². The summed E-state index contributed by atoms with van der Waals surface area (Å²) in [7, 11) is 0. The first kappa shape index (κ1) is 19.5. The van der Waals surface area contributed by atoms with Crippen LogP contribution in [0.15, 0.2) is 24.3 Å². The molecule has 26 heavy (non-hydrogen) atoms. The standard InChI is InChI=1S/C23H31F3/c1-2-3-4-5-16-6-8-17(9-7-16)18-10-12-19(13-11-18)20-14-21(24)23(26)22(25)15-20/h4-5,14-19H,2-3,6-13H2,1H3/b5-4+/t16-,17-,18-,19-. The van der Waals surface area contributed by atoms with E-state index < -0.39 is 17.5 Å². The van der Waals surface area contributed by atoms with E-state index in [2.05, 4.69) is 19.1 Å². The summed E-state index contributed by atoms with van der Waals surface area (Å²) in [5.74, 6) is -0.973. The second-order valence-corrected chi connectivity index (χ2v) is 8.30. The molecule has 0 heterocycles. The van der Waals surface area contributed by atoms with Crippen LogP contribution in [0.4, 0.5) is 13.2 Å². The molecule has 2 fully saturated rings. The third kappa shape index (κ3) is 4.72. The van der Waals surface area contributed by atoms with Gasteiger partial charge in [-0.1, -0.05) is 25.5 Å². The van der Waals surface area contributed by atoms with Crippen molar-refractivity contribution >= 4 is 0 Å². The topological polar surface area (TPSA) is 0 Å². The summed E-state index contributed by atoms with van der Waals surface area (Å²) in [6.45, 7) is 2.21. The van der Waals surface area contributed by atoms with Crippen LogP contribution in [0.25, 0.3) is 0 Å². The summed E-state index contributed by atoms with van der Waals surface area (Å²) < 4.78 is 40.1. The Bertz CT molecular complexity index is 583. The molecule has 0 saturated heterocycles. The van der Waals surface area contributed by atoms with E-state index in [0.29, 0.717) is 5.56 Å².